The van der Waals surface area contributed by atoms with Crippen LogP contribution >= 0.6 is 0 Å². The molecular weight excluding hydrogens is 178 g/mol. The number of nitrogens with zero attached hydrogens (tertiary/aromatic N) is 2. The van der Waals surface area contributed by atoms with Gasteiger partial charge in [-0.3, -0.25) is 10.4 Å². The van der Waals surface area contributed by atoms with E-state index in [1.54, 1.807) is 7.05 Å². The lowest BCUT2D eigenvalue weighted by Gasteiger charge is -2.34. The van der Waals surface area contributed by atoms with Gasteiger partial charge in [-0.2, -0.15) is 0 Å². The number of aliphatic imine (C=N–C) groups is 1. The predicted molar refractivity (Wildman–Crippen MR) is 58.7 cm³/mol. The Morgan fingerprint density at radius 3 is 2.36 bits per heavy atom. The molecule has 0 amide bonds. The van der Waals surface area contributed by atoms with Gasteiger partial charge >= 0.3 is 0 Å². The summed E-state index contributed by atoms with van der Waals surface area (Å²) >= 11 is 0. The van der Waals surface area contributed by atoms with E-state index in [1.165, 1.54) is 0 Å². The third-order valence-electron chi connectivity index (χ3n) is 2.96. The molecule has 1 aliphatic carbocycles. The Hall–Kier alpha value is -0.810. The molecule has 0 spiro atoms. The van der Waals surface area contributed by atoms with Crippen molar-refractivity contribution in [1.82, 2.24) is 10.3 Å². The molecule has 5 heteroatoms. The topological polar surface area (TPSA) is 79.7 Å². The summed E-state index contributed by atoms with van der Waals surface area (Å²) in [5.41, 5.74) is 8.45. The molecule has 14 heavy (non-hydrogen) atoms. The quantitative estimate of drug-likeness (QED) is 0.233. The van der Waals surface area contributed by atoms with Crippen LogP contribution in [0.25, 0.3) is 0 Å². The fourth-order valence-electron chi connectivity index (χ4n) is 1.99. The summed E-state index contributed by atoms with van der Waals surface area (Å²) in [6, 6.07) is 0.900. The number of nitrogens with two attached hydrogens (primary N) is 2. The molecule has 0 aromatic heterocycles. The van der Waals surface area contributed by atoms with Crippen LogP contribution in [0.4, 0.5) is 0 Å². The van der Waals surface area contributed by atoms with E-state index < -0.39 is 0 Å². The molecular formula is C9H21N5. The van der Waals surface area contributed by atoms with Crippen molar-refractivity contribution in [2.45, 2.75) is 37.8 Å². The summed E-state index contributed by atoms with van der Waals surface area (Å²) in [6.45, 7) is 0. The van der Waals surface area contributed by atoms with Crippen molar-refractivity contribution in [2.24, 2.45) is 16.6 Å². The van der Waals surface area contributed by atoms with Gasteiger partial charge in [-0.05, 0) is 25.7 Å². The molecule has 0 aromatic rings. The maximum atomic E-state index is 5.85. The fraction of sp³-hybridized carbons (Fsp3) is 0.889. The van der Waals surface area contributed by atoms with Crippen molar-refractivity contribution in [1.29, 1.82) is 0 Å². The van der Waals surface area contributed by atoms with Crippen LogP contribution in [-0.2, 0) is 0 Å². The highest BCUT2D eigenvalue weighted by Crippen LogP contribution is 2.20. The molecule has 82 valence electrons. The molecule has 0 aliphatic heterocycles. The number of guanidine groups is 1. The van der Waals surface area contributed by atoms with Crippen LogP contribution in [0.15, 0.2) is 4.99 Å². The van der Waals surface area contributed by atoms with Crippen LogP contribution in [0, 0.1) is 0 Å². The van der Waals surface area contributed by atoms with Crippen molar-refractivity contribution in [2.75, 3.05) is 14.1 Å². The first kappa shape index (κ1) is 11.3. The van der Waals surface area contributed by atoms with E-state index in [4.69, 9.17) is 11.6 Å². The van der Waals surface area contributed by atoms with Gasteiger partial charge in [-0.1, -0.05) is 0 Å². The Morgan fingerprint density at radius 2 is 1.93 bits per heavy atom. The zero-order valence-corrected chi connectivity index (χ0v) is 9.03. The van der Waals surface area contributed by atoms with E-state index in [0.29, 0.717) is 12.1 Å². The molecule has 0 atom stereocenters. The Kier molecular flexibility index (Phi) is 4.16. The summed E-state index contributed by atoms with van der Waals surface area (Å²) < 4.78 is 0. The molecule has 0 heterocycles. The maximum absolute atomic E-state index is 5.85. The predicted octanol–water partition coefficient (Wildman–Crippen LogP) is -0.363. The molecule has 1 rings (SSSR count). The number of nitrogens with one attached hydrogen (secondary N) is 1. The van der Waals surface area contributed by atoms with Crippen molar-refractivity contribution in [3.63, 3.8) is 0 Å². The van der Waals surface area contributed by atoms with Gasteiger partial charge in [-0.25, -0.2) is 5.84 Å². The van der Waals surface area contributed by atoms with Crippen LogP contribution in [-0.4, -0.2) is 37.0 Å². The van der Waals surface area contributed by atoms with E-state index in [9.17, 15) is 0 Å². The Morgan fingerprint density at radius 1 is 1.36 bits per heavy atom. The largest absolute Gasteiger partial charge is 0.342 e. The molecule has 1 saturated carbocycles. The van der Waals surface area contributed by atoms with Gasteiger partial charge in [0.25, 0.3) is 0 Å². The van der Waals surface area contributed by atoms with Crippen LogP contribution in [0.1, 0.15) is 25.7 Å². The van der Waals surface area contributed by atoms with Crippen LogP contribution in [0.5, 0.6) is 0 Å². The van der Waals surface area contributed by atoms with Gasteiger partial charge < -0.3 is 10.6 Å². The minimum absolute atomic E-state index is 0.382. The van der Waals surface area contributed by atoms with E-state index in [2.05, 4.69) is 15.3 Å². The van der Waals surface area contributed by atoms with E-state index in [0.717, 1.165) is 31.6 Å². The zero-order chi connectivity index (χ0) is 10.6. The van der Waals surface area contributed by atoms with Crippen LogP contribution in [0.2, 0.25) is 0 Å². The summed E-state index contributed by atoms with van der Waals surface area (Å²) in [5.74, 6) is 6.11. The van der Waals surface area contributed by atoms with Crippen LogP contribution < -0.4 is 17.0 Å². The van der Waals surface area contributed by atoms with Gasteiger partial charge in [-0.15, -0.1) is 0 Å². The first-order valence-corrected chi connectivity index (χ1v) is 5.10. The average molecular weight is 199 g/mol. The second kappa shape index (κ2) is 5.17. The Labute approximate surface area is 85.5 Å². The normalized spacial score (nSPS) is 28.7. The molecule has 0 aromatic carbocycles. The van der Waals surface area contributed by atoms with Gasteiger partial charge in [0.05, 0.1) is 0 Å². The van der Waals surface area contributed by atoms with Crippen molar-refractivity contribution < 1.29 is 0 Å². The molecule has 5 nitrogen and oxygen atoms in total. The van der Waals surface area contributed by atoms with Crippen molar-refractivity contribution in [3.05, 3.63) is 0 Å². The number of hydrazine groups is 1. The third-order valence-corrected chi connectivity index (χ3v) is 2.96. The summed E-state index contributed by atoms with van der Waals surface area (Å²) in [6.07, 6.45) is 4.43. The van der Waals surface area contributed by atoms with Crippen molar-refractivity contribution in [3.8, 4) is 0 Å². The average Bonchev–Trinajstić information content (AvgIpc) is 2.20. The maximum Gasteiger partial charge on any atom is 0.208 e. The minimum Gasteiger partial charge on any atom is -0.342 e. The van der Waals surface area contributed by atoms with Gasteiger partial charge in [0, 0.05) is 26.2 Å². The summed E-state index contributed by atoms with van der Waals surface area (Å²) in [4.78, 5) is 6.18. The van der Waals surface area contributed by atoms with E-state index in [1.807, 2.05) is 7.05 Å². The Bertz CT molecular complexity index is 195. The standard InChI is InChI=1S/C9H21N5/c1-12-9(13-11)14(2)8-5-3-7(10)4-6-8/h7-8H,3-6,10-11H2,1-2H3,(H,12,13)/t7-,8+. The lowest BCUT2D eigenvalue weighted by molar-refractivity contribution is 0.256. The number of hydrogen-bond donors (Lipinski definition) is 3. The third kappa shape index (κ3) is 2.59. The first-order valence-electron chi connectivity index (χ1n) is 5.10. The van der Waals surface area contributed by atoms with Crippen LogP contribution in [0.3, 0.4) is 0 Å². The summed E-state index contributed by atoms with van der Waals surface area (Å²) in [7, 11) is 3.75. The highest BCUT2D eigenvalue weighted by molar-refractivity contribution is 5.79. The van der Waals surface area contributed by atoms with E-state index >= 15 is 0 Å². The number of rotatable bonds is 1. The molecule has 5 N–H and O–H groups in total. The zero-order valence-electron chi connectivity index (χ0n) is 9.03. The highest BCUT2D eigenvalue weighted by Gasteiger charge is 2.23. The smallest absolute Gasteiger partial charge is 0.208 e. The van der Waals surface area contributed by atoms with Gasteiger partial charge in [0.1, 0.15) is 0 Å². The lowest BCUT2D eigenvalue weighted by atomic mass is 9.91. The van der Waals surface area contributed by atoms with Crippen molar-refractivity contribution >= 4 is 5.96 Å². The lowest BCUT2D eigenvalue weighted by Crippen LogP contribution is -2.49. The van der Waals surface area contributed by atoms with E-state index in [-0.39, 0.29) is 0 Å². The molecule has 0 bridgehead atoms. The highest BCUT2D eigenvalue weighted by atomic mass is 15.4. The van der Waals surface area contributed by atoms with Gasteiger partial charge in [0.2, 0.25) is 5.96 Å². The first-order chi connectivity index (χ1) is 6.69. The molecule has 1 fully saturated rings. The monoisotopic (exact) mass is 199 g/mol. The minimum atomic E-state index is 0.382. The Balaban J connectivity index is 2.48. The molecule has 0 saturated heterocycles. The van der Waals surface area contributed by atoms with Gasteiger partial charge in [0.15, 0.2) is 0 Å². The SMILES string of the molecule is C/N=C(\NN)N(C)[C@H]1CC[C@@H](N)CC1. The fourth-order valence-corrected chi connectivity index (χ4v) is 1.99. The molecule has 1 aliphatic rings. The molecule has 0 radical (unpaired) electrons. The molecule has 0 unspecified atom stereocenters. The second-order valence-corrected chi connectivity index (χ2v) is 3.87. The second-order valence-electron chi connectivity index (χ2n) is 3.87. The number of hydrogen-bond acceptors (Lipinski definition) is 3. The summed E-state index contributed by atoms with van der Waals surface area (Å²) in [5, 5.41) is 0.